The van der Waals surface area contributed by atoms with E-state index in [-0.39, 0.29) is 6.04 Å². The van der Waals surface area contributed by atoms with Crippen molar-refractivity contribution in [2.75, 3.05) is 11.1 Å². The summed E-state index contributed by atoms with van der Waals surface area (Å²) < 4.78 is 0.835. The molecule has 1 aromatic carbocycles. The van der Waals surface area contributed by atoms with Gasteiger partial charge in [0.2, 0.25) is 0 Å². The van der Waals surface area contributed by atoms with E-state index in [0.717, 1.165) is 20.9 Å². The van der Waals surface area contributed by atoms with Gasteiger partial charge in [0.15, 0.2) is 0 Å². The number of hydrogen-bond acceptors (Lipinski definition) is 3. The molecule has 1 aromatic heterocycles. The molecule has 0 saturated carbocycles. The first-order chi connectivity index (χ1) is 8.58. The smallest absolute Gasteiger partial charge is 0.140 e. The Bertz CT molecular complexity index is 560. The number of rotatable bonds is 3. The zero-order valence-corrected chi connectivity index (χ0v) is 12.2. The molecule has 1 atom stereocenters. The van der Waals surface area contributed by atoms with Crippen LogP contribution in [0.3, 0.4) is 0 Å². The third kappa shape index (κ3) is 2.94. The van der Waals surface area contributed by atoms with Gasteiger partial charge < -0.3 is 11.1 Å². The van der Waals surface area contributed by atoms with E-state index in [4.69, 9.17) is 17.3 Å². The van der Waals surface area contributed by atoms with Gasteiger partial charge in [0.25, 0.3) is 0 Å². The summed E-state index contributed by atoms with van der Waals surface area (Å²) in [4.78, 5) is 4.25. The van der Waals surface area contributed by atoms with Gasteiger partial charge in [-0.1, -0.05) is 29.8 Å². The van der Waals surface area contributed by atoms with Crippen LogP contribution in [0, 0.1) is 0 Å². The molecular formula is C13H13BrClN3. The highest BCUT2D eigenvalue weighted by molar-refractivity contribution is 9.10. The number of hydrogen-bond donors (Lipinski definition) is 2. The van der Waals surface area contributed by atoms with Crippen molar-refractivity contribution in [2.45, 2.75) is 13.0 Å². The molecule has 0 saturated heterocycles. The number of nitrogen functional groups attached to an aromatic ring is 1. The van der Waals surface area contributed by atoms with Crippen LogP contribution in [-0.4, -0.2) is 4.98 Å². The molecule has 5 heteroatoms. The number of pyridine rings is 1. The summed E-state index contributed by atoms with van der Waals surface area (Å²) in [6.45, 7) is 2.03. The summed E-state index contributed by atoms with van der Waals surface area (Å²) in [7, 11) is 0. The van der Waals surface area contributed by atoms with E-state index in [0.29, 0.717) is 5.69 Å². The molecule has 94 valence electrons. The Morgan fingerprint density at radius 3 is 2.78 bits per heavy atom. The molecule has 0 aliphatic rings. The van der Waals surface area contributed by atoms with Crippen molar-refractivity contribution < 1.29 is 0 Å². The van der Waals surface area contributed by atoms with Gasteiger partial charge in [-0.3, -0.25) is 0 Å². The lowest BCUT2D eigenvalue weighted by Gasteiger charge is -2.17. The minimum atomic E-state index is 0.0612. The van der Waals surface area contributed by atoms with Crippen LogP contribution in [0.2, 0.25) is 5.02 Å². The van der Waals surface area contributed by atoms with Gasteiger partial charge in [-0.2, -0.15) is 0 Å². The Kier molecular flexibility index (Phi) is 4.09. The predicted octanol–water partition coefficient (Wildman–Crippen LogP) is 4.25. The molecule has 0 bridgehead atoms. The van der Waals surface area contributed by atoms with Gasteiger partial charge in [-0.15, -0.1) is 0 Å². The van der Waals surface area contributed by atoms with Gasteiger partial charge in [-0.05, 0) is 40.5 Å². The highest BCUT2D eigenvalue weighted by Crippen LogP contribution is 2.28. The van der Waals surface area contributed by atoms with Crippen LogP contribution in [0.5, 0.6) is 0 Å². The number of aromatic nitrogens is 1. The first-order valence-electron chi connectivity index (χ1n) is 5.50. The number of nitrogens with two attached hydrogens (primary N) is 1. The maximum Gasteiger partial charge on any atom is 0.140 e. The van der Waals surface area contributed by atoms with E-state index >= 15 is 0 Å². The second-order valence-electron chi connectivity index (χ2n) is 3.99. The summed E-state index contributed by atoms with van der Waals surface area (Å²) >= 11 is 9.59. The van der Waals surface area contributed by atoms with Crippen molar-refractivity contribution >= 4 is 39.0 Å². The van der Waals surface area contributed by atoms with Gasteiger partial charge in [0, 0.05) is 5.02 Å². The molecule has 3 nitrogen and oxygen atoms in total. The maximum atomic E-state index is 6.16. The Labute approximate surface area is 119 Å². The van der Waals surface area contributed by atoms with Crippen molar-refractivity contribution in [1.29, 1.82) is 0 Å². The molecule has 2 aromatic rings. The molecular weight excluding hydrogens is 314 g/mol. The van der Waals surface area contributed by atoms with Crippen LogP contribution in [-0.2, 0) is 0 Å². The van der Waals surface area contributed by atoms with E-state index in [2.05, 4.69) is 26.2 Å². The Morgan fingerprint density at radius 1 is 1.39 bits per heavy atom. The standard InChI is InChI=1S/C13H13BrClN3/c1-8(10-4-2-3-5-12(10)15)18-13-11(14)6-9(16)7-17-13/h2-8H,16H2,1H3,(H,17,18). The van der Waals surface area contributed by atoms with Crippen LogP contribution in [0.25, 0.3) is 0 Å². The molecule has 0 radical (unpaired) electrons. The maximum absolute atomic E-state index is 6.16. The minimum absolute atomic E-state index is 0.0612. The van der Waals surface area contributed by atoms with E-state index in [1.54, 1.807) is 6.20 Å². The Morgan fingerprint density at radius 2 is 2.11 bits per heavy atom. The summed E-state index contributed by atoms with van der Waals surface area (Å²) in [5.41, 5.74) is 7.31. The average Bonchev–Trinajstić information content (AvgIpc) is 2.33. The largest absolute Gasteiger partial charge is 0.397 e. The van der Waals surface area contributed by atoms with E-state index in [1.807, 2.05) is 37.3 Å². The molecule has 2 rings (SSSR count). The number of benzene rings is 1. The molecule has 0 fully saturated rings. The van der Waals surface area contributed by atoms with E-state index in [9.17, 15) is 0 Å². The number of nitrogens with one attached hydrogen (secondary N) is 1. The van der Waals surface area contributed by atoms with Gasteiger partial charge in [0.1, 0.15) is 5.82 Å². The number of halogens is 2. The fraction of sp³-hybridized carbons (Fsp3) is 0.154. The highest BCUT2D eigenvalue weighted by atomic mass is 79.9. The number of anilines is 2. The lowest BCUT2D eigenvalue weighted by atomic mass is 10.1. The van der Waals surface area contributed by atoms with Crippen molar-refractivity contribution in [3.63, 3.8) is 0 Å². The fourth-order valence-corrected chi connectivity index (χ4v) is 2.45. The van der Waals surface area contributed by atoms with Crippen molar-refractivity contribution in [1.82, 2.24) is 4.98 Å². The quantitative estimate of drug-likeness (QED) is 0.886. The fourth-order valence-electron chi connectivity index (χ4n) is 1.67. The second-order valence-corrected chi connectivity index (χ2v) is 5.25. The first-order valence-corrected chi connectivity index (χ1v) is 6.67. The SMILES string of the molecule is CC(Nc1ncc(N)cc1Br)c1ccccc1Cl. The Hall–Kier alpha value is -1.26. The molecule has 18 heavy (non-hydrogen) atoms. The van der Waals surface area contributed by atoms with Gasteiger partial charge in [0.05, 0.1) is 22.4 Å². The van der Waals surface area contributed by atoms with Crippen LogP contribution in [0.1, 0.15) is 18.5 Å². The topological polar surface area (TPSA) is 50.9 Å². The normalized spacial score (nSPS) is 12.2. The lowest BCUT2D eigenvalue weighted by Crippen LogP contribution is -2.09. The zero-order valence-electron chi connectivity index (χ0n) is 9.82. The summed E-state index contributed by atoms with van der Waals surface area (Å²) in [6.07, 6.45) is 1.62. The lowest BCUT2D eigenvalue weighted by molar-refractivity contribution is 0.873. The first kappa shape index (κ1) is 13.2. The average molecular weight is 327 g/mol. The van der Waals surface area contributed by atoms with Crippen LogP contribution >= 0.6 is 27.5 Å². The molecule has 0 amide bonds. The molecule has 1 heterocycles. The molecule has 0 aliphatic carbocycles. The third-order valence-electron chi connectivity index (χ3n) is 2.59. The monoisotopic (exact) mass is 325 g/mol. The number of nitrogens with zero attached hydrogens (tertiary/aromatic N) is 1. The van der Waals surface area contributed by atoms with Crippen molar-refractivity contribution in [3.8, 4) is 0 Å². The summed E-state index contributed by atoms with van der Waals surface area (Å²) in [5, 5.41) is 4.04. The zero-order chi connectivity index (χ0) is 13.1. The molecule has 1 unspecified atom stereocenters. The van der Waals surface area contributed by atoms with E-state index < -0.39 is 0 Å². The molecule has 0 spiro atoms. The van der Waals surface area contributed by atoms with E-state index in [1.165, 1.54) is 0 Å². The summed E-state index contributed by atoms with van der Waals surface area (Å²) in [6, 6.07) is 9.62. The summed E-state index contributed by atoms with van der Waals surface area (Å²) in [5.74, 6) is 0.747. The predicted molar refractivity (Wildman–Crippen MR) is 79.8 cm³/mol. The minimum Gasteiger partial charge on any atom is -0.397 e. The highest BCUT2D eigenvalue weighted by Gasteiger charge is 2.11. The molecule has 3 N–H and O–H groups in total. The van der Waals surface area contributed by atoms with Gasteiger partial charge >= 0.3 is 0 Å². The molecule has 0 aliphatic heterocycles. The van der Waals surface area contributed by atoms with Crippen LogP contribution < -0.4 is 11.1 Å². The van der Waals surface area contributed by atoms with Crippen molar-refractivity contribution in [3.05, 3.63) is 51.6 Å². The Balaban J connectivity index is 2.21. The van der Waals surface area contributed by atoms with Gasteiger partial charge in [-0.25, -0.2) is 4.98 Å². The van der Waals surface area contributed by atoms with Crippen molar-refractivity contribution in [2.24, 2.45) is 0 Å². The van der Waals surface area contributed by atoms with Crippen LogP contribution in [0.15, 0.2) is 41.0 Å². The third-order valence-corrected chi connectivity index (χ3v) is 3.54. The van der Waals surface area contributed by atoms with Crippen LogP contribution in [0.4, 0.5) is 11.5 Å². The second kappa shape index (κ2) is 5.59.